The molecule has 0 radical (unpaired) electrons. The number of ether oxygens (including phenoxy) is 2. The van der Waals surface area contributed by atoms with Gasteiger partial charge in [0.05, 0.1) is 12.5 Å². The number of rotatable bonds is 12. The van der Waals surface area contributed by atoms with Crippen LogP contribution in [0.4, 0.5) is 0 Å². The van der Waals surface area contributed by atoms with E-state index in [1.54, 1.807) is 6.92 Å². The summed E-state index contributed by atoms with van der Waals surface area (Å²) in [5.41, 5.74) is 1.27. The number of fused-ring (bicyclic) bond motifs is 1. The van der Waals surface area contributed by atoms with Gasteiger partial charge < -0.3 is 19.0 Å². The van der Waals surface area contributed by atoms with E-state index in [0.29, 0.717) is 35.5 Å². The van der Waals surface area contributed by atoms with Crippen molar-refractivity contribution in [3.63, 3.8) is 0 Å². The number of benzene rings is 1. The molecule has 198 valence electrons. The lowest BCUT2D eigenvalue weighted by atomic mass is 9.86. The summed E-state index contributed by atoms with van der Waals surface area (Å²) >= 11 is 0. The molecule has 1 aliphatic rings. The molecule has 0 unspecified atom stereocenters. The van der Waals surface area contributed by atoms with Gasteiger partial charge in [0, 0.05) is 23.8 Å². The fourth-order valence-corrected chi connectivity index (χ4v) is 5.07. The fraction of sp³-hybridized carbons (Fsp3) is 0.600. The van der Waals surface area contributed by atoms with E-state index in [1.807, 2.05) is 37.3 Å². The number of aryl methyl sites for hydroxylation is 1. The highest BCUT2D eigenvalue weighted by atomic mass is 16.6. The molecule has 1 N–H and O–H groups in total. The first-order valence-corrected chi connectivity index (χ1v) is 13.2. The van der Waals surface area contributed by atoms with Crippen LogP contribution in [0.3, 0.4) is 0 Å². The van der Waals surface area contributed by atoms with Gasteiger partial charge in [0.1, 0.15) is 18.0 Å². The first-order chi connectivity index (χ1) is 17.0. The molecular weight excluding hydrogens is 456 g/mol. The van der Waals surface area contributed by atoms with Crippen LogP contribution in [0.5, 0.6) is 0 Å². The van der Waals surface area contributed by atoms with Crippen molar-refractivity contribution in [2.45, 2.75) is 79.2 Å². The summed E-state index contributed by atoms with van der Waals surface area (Å²) in [5, 5.41) is 11.1. The van der Waals surface area contributed by atoms with Crippen molar-refractivity contribution in [3.8, 4) is 0 Å². The van der Waals surface area contributed by atoms with Crippen molar-refractivity contribution in [3.05, 3.63) is 47.2 Å². The maximum atomic E-state index is 12.7. The van der Waals surface area contributed by atoms with Crippen LogP contribution < -0.4 is 0 Å². The number of aliphatic hydroxyl groups excluding tert-OH is 1. The van der Waals surface area contributed by atoms with Crippen LogP contribution >= 0.6 is 0 Å². The van der Waals surface area contributed by atoms with Gasteiger partial charge in [-0.25, -0.2) is 4.79 Å². The molecule has 36 heavy (non-hydrogen) atoms. The Morgan fingerprint density at radius 3 is 2.47 bits per heavy atom. The van der Waals surface area contributed by atoms with Gasteiger partial charge in [0.15, 0.2) is 5.60 Å². The lowest BCUT2D eigenvalue weighted by Gasteiger charge is -2.25. The first kappa shape index (κ1) is 28.0. The second-order valence-electron chi connectivity index (χ2n) is 11.5. The molecule has 1 saturated heterocycles. The summed E-state index contributed by atoms with van der Waals surface area (Å²) in [6.07, 6.45) is 5.60. The zero-order valence-electron chi connectivity index (χ0n) is 22.6. The van der Waals surface area contributed by atoms with E-state index in [4.69, 9.17) is 13.9 Å². The molecule has 0 aliphatic carbocycles. The fourth-order valence-electron chi connectivity index (χ4n) is 5.07. The number of carbonyl (C=O) groups excluding carboxylic acids is 2. The maximum Gasteiger partial charge on any atom is 0.334 e. The van der Waals surface area contributed by atoms with Gasteiger partial charge in [-0.15, -0.1) is 0 Å². The van der Waals surface area contributed by atoms with Gasteiger partial charge in [-0.05, 0) is 62.1 Å². The van der Waals surface area contributed by atoms with Crippen molar-refractivity contribution in [2.75, 3.05) is 13.2 Å². The summed E-state index contributed by atoms with van der Waals surface area (Å²) in [4.78, 5) is 25.3. The molecule has 0 saturated carbocycles. The van der Waals surface area contributed by atoms with Crippen LogP contribution in [0, 0.1) is 30.6 Å². The molecule has 0 spiro atoms. The van der Waals surface area contributed by atoms with Gasteiger partial charge in [-0.3, -0.25) is 4.79 Å². The summed E-state index contributed by atoms with van der Waals surface area (Å²) in [5.74, 6) is 1.10. The zero-order valence-corrected chi connectivity index (χ0v) is 22.6. The average molecular weight is 499 g/mol. The smallest absolute Gasteiger partial charge is 0.334 e. The first-order valence-electron chi connectivity index (χ1n) is 13.2. The molecule has 1 aromatic carbocycles. The highest BCUT2D eigenvalue weighted by Crippen LogP contribution is 2.33. The second kappa shape index (κ2) is 12.1. The third-order valence-electron chi connectivity index (χ3n) is 6.79. The standard InChI is InChI=1S/C30H42O6/c1-19(2)11-23(12-20(3)4)8-9-24-16-30(17-31,36-29(24)33)18-34-28(32)22(6)14-26-15-25-13-21(5)7-10-27(25)35-26/h7,9-10,13,15,19-20,22-23,31H,8,11-12,14,16-18H2,1-6H3/b24-9+/t22-,30-/m1/s1. The number of furan rings is 1. The predicted octanol–water partition coefficient (Wildman–Crippen LogP) is 6.17. The molecule has 2 atom stereocenters. The van der Waals surface area contributed by atoms with Gasteiger partial charge in [-0.1, -0.05) is 52.3 Å². The van der Waals surface area contributed by atoms with Crippen LogP contribution in [0.1, 0.15) is 71.6 Å². The minimum absolute atomic E-state index is 0.170. The third kappa shape index (κ3) is 7.45. The molecular formula is C30H42O6. The molecule has 6 nitrogen and oxygen atoms in total. The van der Waals surface area contributed by atoms with E-state index in [0.717, 1.165) is 35.8 Å². The van der Waals surface area contributed by atoms with Crippen molar-refractivity contribution in [1.29, 1.82) is 0 Å². The lowest BCUT2D eigenvalue weighted by Crippen LogP contribution is -2.40. The maximum absolute atomic E-state index is 12.7. The monoisotopic (exact) mass is 498 g/mol. The number of allylic oxidation sites excluding steroid dienone is 1. The third-order valence-corrected chi connectivity index (χ3v) is 6.79. The molecule has 0 amide bonds. The number of carbonyl (C=O) groups is 2. The number of aliphatic hydroxyl groups is 1. The normalized spacial score (nSPS) is 20.2. The Labute approximate surface area is 215 Å². The summed E-state index contributed by atoms with van der Waals surface area (Å²) in [6, 6.07) is 7.91. The number of hydrogen-bond acceptors (Lipinski definition) is 6. The van der Waals surface area contributed by atoms with Gasteiger partial charge in [-0.2, -0.15) is 0 Å². The highest BCUT2D eigenvalue weighted by molar-refractivity contribution is 5.91. The number of esters is 2. The number of cyclic esters (lactones) is 1. The van der Waals surface area contributed by atoms with E-state index < -0.39 is 30.1 Å². The minimum Gasteiger partial charge on any atom is -0.461 e. The van der Waals surface area contributed by atoms with Crippen LogP contribution in [0.25, 0.3) is 11.0 Å². The van der Waals surface area contributed by atoms with Gasteiger partial charge in [0.2, 0.25) is 0 Å². The van der Waals surface area contributed by atoms with E-state index in [1.165, 1.54) is 0 Å². The molecule has 2 heterocycles. The molecule has 2 aromatic rings. The Morgan fingerprint density at radius 2 is 1.83 bits per heavy atom. The lowest BCUT2D eigenvalue weighted by molar-refractivity contribution is -0.168. The Balaban J connectivity index is 1.58. The zero-order chi connectivity index (χ0) is 26.5. The molecule has 3 rings (SSSR count). The van der Waals surface area contributed by atoms with Crippen LogP contribution in [-0.4, -0.2) is 35.9 Å². The van der Waals surface area contributed by atoms with E-state index in [-0.39, 0.29) is 13.0 Å². The Bertz CT molecular complexity index is 1070. The largest absolute Gasteiger partial charge is 0.461 e. The highest BCUT2D eigenvalue weighted by Gasteiger charge is 2.44. The van der Waals surface area contributed by atoms with Crippen molar-refractivity contribution in [1.82, 2.24) is 0 Å². The van der Waals surface area contributed by atoms with Crippen LogP contribution in [0.2, 0.25) is 0 Å². The summed E-state index contributed by atoms with van der Waals surface area (Å²) < 4.78 is 16.9. The Hall–Kier alpha value is -2.60. The van der Waals surface area contributed by atoms with E-state index >= 15 is 0 Å². The molecule has 1 fully saturated rings. The molecule has 0 bridgehead atoms. The van der Waals surface area contributed by atoms with Gasteiger partial charge >= 0.3 is 11.9 Å². The SMILES string of the molecule is Cc1ccc2oc(C[C@@H](C)C(=O)OC[C@]3(CO)C/C(=C\CC(CC(C)C)CC(C)C)C(=O)O3)cc2c1. The predicted molar refractivity (Wildman–Crippen MR) is 140 cm³/mol. The quantitative estimate of drug-likeness (QED) is 0.278. The van der Waals surface area contributed by atoms with Crippen molar-refractivity contribution >= 4 is 22.9 Å². The topological polar surface area (TPSA) is 86.0 Å². The number of hydrogen-bond donors (Lipinski definition) is 1. The van der Waals surface area contributed by atoms with Gasteiger partial charge in [0.25, 0.3) is 0 Å². The van der Waals surface area contributed by atoms with Crippen LogP contribution in [0.15, 0.2) is 40.3 Å². The average Bonchev–Trinajstić information content (AvgIpc) is 3.34. The van der Waals surface area contributed by atoms with Crippen LogP contribution in [-0.2, 0) is 25.5 Å². The molecule has 1 aromatic heterocycles. The Morgan fingerprint density at radius 1 is 1.14 bits per heavy atom. The van der Waals surface area contributed by atoms with Crippen molar-refractivity contribution in [2.24, 2.45) is 23.7 Å². The van der Waals surface area contributed by atoms with Crippen molar-refractivity contribution < 1.29 is 28.6 Å². The second-order valence-corrected chi connectivity index (χ2v) is 11.5. The van der Waals surface area contributed by atoms with E-state index in [9.17, 15) is 14.7 Å². The van der Waals surface area contributed by atoms with E-state index in [2.05, 4.69) is 27.7 Å². The summed E-state index contributed by atoms with van der Waals surface area (Å²) in [6.45, 7) is 12.1. The summed E-state index contributed by atoms with van der Waals surface area (Å²) in [7, 11) is 0. The molecule has 1 aliphatic heterocycles. The Kier molecular flexibility index (Phi) is 9.40. The minimum atomic E-state index is -1.22. The molecule has 6 heteroatoms.